The van der Waals surface area contributed by atoms with Gasteiger partial charge in [0.1, 0.15) is 0 Å². The molecule has 0 aliphatic rings. The summed E-state index contributed by atoms with van der Waals surface area (Å²) in [5.41, 5.74) is 7.36. The van der Waals surface area contributed by atoms with E-state index in [0.29, 0.717) is 0 Å². The largest absolute Gasteiger partial charge is 0.323 e. The second-order valence-corrected chi connectivity index (χ2v) is 6.11. The quantitative estimate of drug-likeness (QED) is 0.540. The standard InChI is InChI=1S/C17H34N4/c1-3-5-6-7-8-9-10-11-12-13-16(18)17-15-19-20-21(17)14-4-2/h15-16H,3-14,18H2,1-2H3. The van der Waals surface area contributed by atoms with Crippen LogP contribution in [-0.2, 0) is 6.54 Å². The molecule has 1 aromatic rings. The van der Waals surface area contributed by atoms with Crippen LogP contribution in [0.15, 0.2) is 6.20 Å². The Morgan fingerprint density at radius 3 is 2.19 bits per heavy atom. The summed E-state index contributed by atoms with van der Waals surface area (Å²) in [6, 6.07) is 0.0936. The third-order valence-electron chi connectivity index (χ3n) is 4.08. The van der Waals surface area contributed by atoms with Crippen molar-refractivity contribution in [3.05, 3.63) is 11.9 Å². The maximum atomic E-state index is 6.27. The highest BCUT2D eigenvalue weighted by Crippen LogP contribution is 2.18. The van der Waals surface area contributed by atoms with E-state index in [4.69, 9.17) is 5.73 Å². The molecule has 1 atom stereocenters. The number of nitrogens with two attached hydrogens (primary N) is 1. The molecule has 1 aromatic heterocycles. The lowest BCUT2D eigenvalue weighted by molar-refractivity contribution is 0.489. The fourth-order valence-electron chi connectivity index (χ4n) is 2.76. The van der Waals surface area contributed by atoms with Crippen molar-refractivity contribution in [2.24, 2.45) is 5.73 Å². The van der Waals surface area contributed by atoms with E-state index in [0.717, 1.165) is 25.1 Å². The molecule has 0 saturated heterocycles. The lowest BCUT2D eigenvalue weighted by atomic mass is 10.0. The molecule has 0 radical (unpaired) electrons. The molecule has 0 saturated carbocycles. The molecular formula is C17H34N4. The Morgan fingerprint density at radius 2 is 1.57 bits per heavy atom. The van der Waals surface area contributed by atoms with Crippen molar-refractivity contribution in [2.75, 3.05) is 0 Å². The monoisotopic (exact) mass is 294 g/mol. The van der Waals surface area contributed by atoms with E-state index in [1.165, 1.54) is 57.8 Å². The third-order valence-corrected chi connectivity index (χ3v) is 4.08. The molecule has 1 unspecified atom stereocenters. The van der Waals surface area contributed by atoms with Crippen LogP contribution in [0, 0.1) is 0 Å². The Labute approximate surface area is 130 Å². The zero-order valence-corrected chi connectivity index (χ0v) is 14.1. The minimum absolute atomic E-state index is 0.0936. The lowest BCUT2D eigenvalue weighted by Gasteiger charge is -2.12. The van der Waals surface area contributed by atoms with Crippen molar-refractivity contribution >= 4 is 0 Å². The maximum absolute atomic E-state index is 6.27. The zero-order valence-electron chi connectivity index (χ0n) is 14.1. The van der Waals surface area contributed by atoms with Crippen molar-refractivity contribution in [1.82, 2.24) is 15.0 Å². The average Bonchev–Trinajstić information content (AvgIpc) is 2.94. The first-order valence-corrected chi connectivity index (χ1v) is 8.93. The van der Waals surface area contributed by atoms with E-state index in [2.05, 4.69) is 24.2 Å². The highest BCUT2D eigenvalue weighted by atomic mass is 15.4. The van der Waals surface area contributed by atoms with Gasteiger partial charge in [0.05, 0.1) is 11.9 Å². The molecule has 21 heavy (non-hydrogen) atoms. The molecule has 2 N–H and O–H groups in total. The number of rotatable bonds is 13. The zero-order chi connectivity index (χ0) is 15.3. The Hall–Kier alpha value is -0.900. The summed E-state index contributed by atoms with van der Waals surface area (Å²) in [5, 5.41) is 8.09. The highest BCUT2D eigenvalue weighted by Gasteiger charge is 2.11. The Bertz CT molecular complexity index is 348. The molecule has 0 aromatic carbocycles. The molecule has 0 amide bonds. The van der Waals surface area contributed by atoms with Gasteiger partial charge in [0, 0.05) is 12.6 Å². The first kappa shape index (κ1) is 18.1. The van der Waals surface area contributed by atoms with Gasteiger partial charge in [0.25, 0.3) is 0 Å². The molecule has 1 heterocycles. The minimum atomic E-state index is 0.0936. The molecule has 4 nitrogen and oxygen atoms in total. The SMILES string of the molecule is CCCCCCCCCCCC(N)c1cnnn1CCC. The minimum Gasteiger partial charge on any atom is -0.323 e. The second kappa shape index (κ2) is 11.7. The van der Waals surface area contributed by atoms with E-state index in [9.17, 15) is 0 Å². The summed E-state index contributed by atoms with van der Waals surface area (Å²) in [6.45, 7) is 5.34. The topological polar surface area (TPSA) is 56.7 Å². The highest BCUT2D eigenvalue weighted by molar-refractivity contribution is 5.00. The van der Waals surface area contributed by atoms with Crippen LogP contribution in [0.3, 0.4) is 0 Å². The normalized spacial score (nSPS) is 12.7. The molecule has 0 spiro atoms. The molecule has 1 rings (SSSR count). The van der Waals surface area contributed by atoms with E-state index in [1.807, 2.05) is 10.9 Å². The fourth-order valence-corrected chi connectivity index (χ4v) is 2.76. The van der Waals surface area contributed by atoms with Crippen LogP contribution in [0.4, 0.5) is 0 Å². The van der Waals surface area contributed by atoms with Gasteiger partial charge in [0.15, 0.2) is 0 Å². The Kier molecular flexibility index (Phi) is 10.1. The van der Waals surface area contributed by atoms with Crippen molar-refractivity contribution in [3.8, 4) is 0 Å². The fraction of sp³-hybridized carbons (Fsp3) is 0.882. The number of unbranched alkanes of at least 4 members (excludes halogenated alkanes) is 8. The van der Waals surface area contributed by atoms with Crippen LogP contribution in [0.1, 0.15) is 96.2 Å². The predicted octanol–water partition coefficient (Wildman–Crippen LogP) is 4.61. The number of hydrogen-bond acceptors (Lipinski definition) is 3. The van der Waals surface area contributed by atoms with E-state index in [-0.39, 0.29) is 6.04 Å². The first-order valence-electron chi connectivity index (χ1n) is 8.93. The summed E-state index contributed by atoms with van der Waals surface area (Å²) in [5.74, 6) is 0. The molecular weight excluding hydrogens is 260 g/mol. The Morgan fingerprint density at radius 1 is 0.952 bits per heavy atom. The van der Waals surface area contributed by atoms with Crippen molar-refractivity contribution in [3.63, 3.8) is 0 Å². The third kappa shape index (κ3) is 7.60. The van der Waals surface area contributed by atoms with Crippen LogP contribution in [-0.4, -0.2) is 15.0 Å². The van der Waals surface area contributed by atoms with Gasteiger partial charge >= 0.3 is 0 Å². The summed E-state index contributed by atoms with van der Waals surface area (Å²) in [6.07, 6.45) is 16.2. The molecule has 0 aliphatic heterocycles. The van der Waals surface area contributed by atoms with Gasteiger partial charge in [-0.25, -0.2) is 4.68 Å². The van der Waals surface area contributed by atoms with Crippen LogP contribution >= 0.6 is 0 Å². The molecule has 0 bridgehead atoms. The van der Waals surface area contributed by atoms with Crippen molar-refractivity contribution in [2.45, 2.75) is 97.1 Å². The van der Waals surface area contributed by atoms with Gasteiger partial charge < -0.3 is 5.73 Å². The van der Waals surface area contributed by atoms with E-state index < -0.39 is 0 Å². The van der Waals surface area contributed by atoms with Crippen LogP contribution in [0.25, 0.3) is 0 Å². The molecule has 4 heteroatoms. The molecule has 122 valence electrons. The van der Waals surface area contributed by atoms with Crippen LogP contribution in [0.2, 0.25) is 0 Å². The van der Waals surface area contributed by atoms with Gasteiger partial charge in [-0.2, -0.15) is 0 Å². The average molecular weight is 294 g/mol. The number of nitrogens with zero attached hydrogens (tertiary/aromatic N) is 3. The summed E-state index contributed by atoms with van der Waals surface area (Å²) in [4.78, 5) is 0. The summed E-state index contributed by atoms with van der Waals surface area (Å²) in [7, 11) is 0. The smallest absolute Gasteiger partial charge is 0.0754 e. The molecule has 0 aliphatic carbocycles. The van der Waals surface area contributed by atoms with E-state index >= 15 is 0 Å². The number of aromatic nitrogens is 3. The van der Waals surface area contributed by atoms with Gasteiger partial charge in [0.2, 0.25) is 0 Å². The van der Waals surface area contributed by atoms with Gasteiger partial charge in [-0.15, -0.1) is 5.10 Å². The molecule has 0 fully saturated rings. The first-order chi connectivity index (χ1) is 10.3. The summed E-state index contributed by atoms with van der Waals surface area (Å²) >= 11 is 0. The van der Waals surface area contributed by atoms with Crippen LogP contribution < -0.4 is 5.73 Å². The van der Waals surface area contributed by atoms with Gasteiger partial charge in [-0.3, -0.25) is 0 Å². The van der Waals surface area contributed by atoms with Crippen molar-refractivity contribution in [1.29, 1.82) is 0 Å². The summed E-state index contributed by atoms with van der Waals surface area (Å²) < 4.78 is 1.96. The van der Waals surface area contributed by atoms with Gasteiger partial charge in [-0.1, -0.05) is 76.8 Å². The number of hydrogen-bond donors (Lipinski definition) is 1. The lowest BCUT2D eigenvalue weighted by Crippen LogP contribution is -2.16. The maximum Gasteiger partial charge on any atom is 0.0754 e. The Balaban J connectivity index is 2.05. The van der Waals surface area contributed by atoms with Gasteiger partial charge in [-0.05, 0) is 12.8 Å². The number of aryl methyl sites for hydroxylation is 1. The van der Waals surface area contributed by atoms with E-state index in [1.54, 1.807) is 0 Å². The van der Waals surface area contributed by atoms with Crippen molar-refractivity contribution < 1.29 is 0 Å². The predicted molar refractivity (Wildman–Crippen MR) is 89.1 cm³/mol. The second-order valence-electron chi connectivity index (χ2n) is 6.11. The van der Waals surface area contributed by atoms with Crippen LogP contribution in [0.5, 0.6) is 0 Å².